The van der Waals surface area contributed by atoms with Crippen LogP contribution in [-0.2, 0) is 52.3 Å². The number of likely N-dealkylation sites (N-methyl/N-ethyl adjacent to an activating group) is 1. The number of hydrogen-bond acceptors (Lipinski definition) is 13. The molecule has 0 fully saturated rings. The number of carbonyl (C=O) groups excluding carboxylic acids is 2. The monoisotopic (exact) mass is 877 g/mol. The van der Waals surface area contributed by atoms with Gasteiger partial charge in [0.25, 0.3) is 0 Å². The van der Waals surface area contributed by atoms with Crippen LogP contribution < -0.4 is 11.2 Å². The molecule has 0 saturated heterocycles. The number of rotatable bonds is 34. The molecule has 0 rings (SSSR count). The van der Waals surface area contributed by atoms with Crippen molar-refractivity contribution in [1.29, 1.82) is 0 Å². The van der Waals surface area contributed by atoms with Crippen LogP contribution >= 0.6 is 0 Å². The van der Waals surface area contributed by atoms with E-state index in [4.69, 9.17) is 53.4 Å². The minimum absolute atomic E-state index is 0.250. The van der Waals surface area contributed by atoms with Gasteiger partial charge in [-0.1, -0.05) is 101 Å². The summed E-state index contributed by atoms with van der Waals surface area (Å²) in [5, 5.41) is 3.16. The Morgan fingerprint density at radius 1 is 0.433 bits per heavy atom. The van der Waals surface area contributed by atoms with Gasteiger partial charge >= 0.3 is 6.15 Å². The van der Waals surface area contributed by atoms with Gasteiger partial charge in [-0.3, -0.25) is 0 Å². The molecule has 13 nitrogen and oxygen atoms in total. The van der Waals surface area contributed by atoms with Crippen molar-refractivity contribution in [3.05, 3.63) is 0 Å². The van der Waals surface area contributed by atoms with Crippen molar-refractivity contribution in [1.82, 2.24) is 5.32 Å². The van der Waals surface area contributed by atoms with Gasteiger partial charge in [0, 0.05) is 79.2 Å². The first-order valence-corrected chi connectivity index (χ1v) is 23.8. The smallest absolute Gasteiger partial charge is 0.373 e. The summed E-state index contributed by atoms with van der Waals surface area (Å²) in [7, 11) is 0. The van der Waals surface area contributed by atoms with Crippen molar-refractivity contribution in [3.63, 3.8) is 0 Å². The van der Waals surface area contributed by atoms with E-state index >= 15 is 0 Å². The number of unbranched alkanes of at least 4 members (excludes halogenated alkanes) is 4. The van der Waals surface area contributed by atoms with Gasteiger partial charge in [-0.15, -0.1) is 0 Å². The molecule has 0 aliphatic carbocycles. The molecule has 372 valence electrons. The first-order chi connectivity index (χ1) is 29.1. The van der Waals surface area contributed by atoms with Crippen LogP contribution in [0.15, 0.2) is 0 Å². The predicted molar refractivity (Wildman–Crippen MR) is 252 cm³/mol. The molecule has 0 unspecified atom stereocenters. The van der Waals surface area contributed by atoms with Crippen molar-refractivity contribution in [3.8, 4) is 0 Å². The van der Waals surface area contributed by atoms with E-state index in [-0.39, 0.29) is 12.3 Å². The highest BCUT2D eigenvalue weighted by molar-refractivity contribution is 5.20. The van der Waals surface area contributed by atoms with Gasteiger partial charge in [0.05, 0.1) is 12.7 Å². The van der Waals surface area contributed by atoms with Gasteiger partial charge in [0.2, 0.25) is 0 Å². The normalized spacial score (nSPS) is 9.63. The lowest BCUT2D eigenvalue weighted by molar-refractivity contribution is -0.191. The second kappa shape index (κ2) is 93.0. The Balaban J connectivity index is -0.0000000875. The molecule has 0 amide bonds. The average molecular weight is 877 g/mol. The van der Waals surface area contributed by atoms with Crippen LogP contribution in [0.3, 0.4) is 0 Å². The number of nitrogens with one attached hydrogen (secondary N) is 1. The van der Waals surface area contributed by atoms with Crippen LogP contribution in [0, 0.1) is 5.92 Å². The molecular formula is C47H108N2O11. The van der Waals surface area contributed by atoms with E-state index in [2.05, 4.69) is 79.4 Å². The Labute approximate surface area is 374 Å². The van der Waals surface area contributed by atoms with E-state index in [1.807, 2.05) is 34.6 Å². The van der Waals surface area contributed by atoms with Gasteiger partial charge in [0.1, 0.15) is 13.6 Å². The van der Waals surface area contributed by atoms with E-state index < -0.39 is 0 Å². The van der Waals surface area contributed by atoms with Crippen molar-refractivity contribution in [2.75, 3.05) is 106 Å². The lowest BCUT2D eigenvalue weighted by atomic mass is 10.1. The van der Waals surface area contributed by atoms with E-state index in [1.54, 1.807) is 0 Å². The Morgan fingerprint density at radius 2 is 0.800 bits per heavy atom. The zero-order valence-corrected chi connectivity index (χ0v) is 42.7. The van der Waals surface area contributed by atoms with E-state index in [9.17, 15) is 0 Å². The summed E-state index contributed by atoms with van der Waals surface area (Å²) < 4.78 is 40.7. The molecule has 3 N–H and O–H groups in total. The maximum Gasteiger partial charge on any atom is 0.373 e. The topological polar surface area (TPSA) is 155 Å². The quantitative estimate of drug-likeness (QED) is 0.0358. The molecule has 0 spiro atoms. The molecule has 0 bridgehead atoms. The molecule has 0 saturated carbocycles. The second-order valence-electron chi connectivity index (χ2n) is 12.9. The SMILES string of the molecule is CCC(C)CC.CCC(CC)ON.CCCCCOCOCC.CCCCOCOCC.CCCOCC.CCCOCCCCOCC.CCNCCOCC.O=C=O. The summed E-state index contributed by atoms with van der Waals surface area (Å²) in [5.74, 6) is 5.83. The largest absolute Gasteiger partial charge is 0.382 e. The Kier molecular flexibility index (Phi) is 118. The van der Waals surface area contributed by atoms with Gasteiger partial charge in [-0.25, -0.2) is 5.90 Å². The second-order valence-corrected chi connectivity index (χ2v) is 12.9. The lowest BCUT2D eigenvalue weighted by Gasteiger charge is -2.06. The van der Waals surface area contributed by atoms with E-state index in [1.165, 1.54) is 32.1 Å². The summed E-state index contributed by atoms with van der Waals surface area (Å²) in [6.45, 7) is 44.5. The van der Waals surface area contributed by atoms with Crippen molar-refractivity contribution >= 4 is 6.15 Å². The number of hydrogen-bond donors (Lipinski definition) is 2. The van der Waals surface area contributed by atoms with Crippen LogP contribution in [0.1, 0.15) is 187 Å². The summed E-state index contributed by atoms with van der Waals surface area (Å²) in [6, 6.07) is 0. The third-order valence-electron chi connectivity index (χ3n) is 7.58. The average Bonchev–Trinajstić information content (AvgIpc) is 3.27. The van der Waals surface area contributed by atoms with Crippen LogP contribution in [0.25, 0.3) is 0 Å². The van der Waals surface area contributed by atoms with Crippen molar-refractivity contribution < 1.29 is 52.3 Å². The molecule has 0 atom stereocenters. The fourth-order valence-corrected chi connectivity index (χ4v) is 3.43. The lowest BCUT2D eigenvalue weighted by Crippen LogP contribution is -2.18. The minimum atomic E-state index is 0.250. The zero-order chi connectivity index (χ0) is 47.4. The third kappa shape index (κ3) is 124. The maximum absolute atomic E-state index is 8.12. The summed E-state index contributed by atoms with van der Waals surface area (Å²) in [5.41, 5.74) is 0. The highest BCUT2D eigenvalue weighted by Crippen LogP contribution is 2.03. The Morgan fingerprint density at radius 3 is 1.12 bits per heavy atom. The molecular weight excluding hydrogens is 769 g/mol. The summed E-state index contributed by atoms with van der Waals surface area (Å²) >= 11 is 0. The van der Waals surface area contributed by atoms with Crippen molar-refractivity contribution in [2.24, 2.45) is 11.8 Å². The highest BCUT2D eigenvalue weighted by atomic mass is 16.7. The molecule has 0 aliphatic rings. The molecule has 0 aromatic carbocycles. The first-order valence-electron chi connectivity index (χ1n) is 23.8. The fourth-order valence-electron chi connectivity index (χ4n) is 3.43. The fraction of sp³-hybridized carbons (Fsp3) is 0.979. The van der Waals surface area contributed by atoms with Crippen LogP contribution in [-0.4, -0.2) is 118 Å². The maximum atomic E-state index is 8.12. The molecule has 0 aliphatic heterocycles. The summed E-state index contributed by atoms with van der Waals surface area (Å²) in [6.07, 6.45) is 15.7. The van der Waals surface area contributed by atoms with Crippen molar-refractivity contribution in [2.45, 2.75) is 193 Å². The van der Waals surface area contributed by atoms with Gasteiger partial charge in [-0.05, 0) is 98.4 Å². The number of ether oxygens (including phenoxy) is 8. The molecule has 0 radical (unpaired) electrons. The highest BCUT2D eigenvalue weighted by Gasteiger charge is 1.97. The predicted octanol–water partition coefficient (Wildman–Crippen LogP) is 11.2. The van der Waals surface area contributed by atoms with Crippen LogP contribution in [0.4, 0.5) is 0 Å². The van der Waals surface area contributed by atoms with Gasteiger partial charge < -0.3 is 48.0 Å². The Hall–Kier alpha value is -1.06. The minimum Gasteiger partial charge on any atom is -0.382 e. The summed E-state index contributed by atoms with van der Waals surface area (Å²) in [4.78, 5) is 20.8. The molecule has 0 aromatic heterocycles. The third-order valence-corrected chi connectivity index (χ3v) is 7.58. The molecule has 13 heteroatoms. The molecule has 60 heavy (non-hydrogen) atoms. The van der Waals surface area contributed by atoms with Gasteiger partial charge in [-0.2, -0.15) is 9.59 Å². The van der Waals surface area contributed by atoms with Gasteiger partial charge in [0.15, 0.2) is 0 Å². The Bertz CT molecular complexity index is 576. The zero-order valence-electron chi connectivity index (χ0n) is 42.7. The molecule has 0 heterocycles. The van der Waals surface area contributed by atoms with E-state index in [0.717, 1.165) is 150 Å². The van der Waals surface area contributed by atoms with E-state index in [0.29, 0.717) is 13.6 Å². The number of nitrogens with two attached hydrogens (primary N) is 1. The first kappa shape index (κ1) is 76.3. The van der Waals surface area contributed by atoms with Crippen LogP contribution in [0.2, 0.25) is 0 Å². The van der Waals surface area contributed by atoms with Crippen LogP contribution in [0.5, 0.6) is 0 Å². The standard InChI is InChI=1S/C9H20O2.C8H18O2.C7H16O2.C6H15NO.C6H14.C5H13NO.C5H12O.CO2/c1-3-7-11-9-6-5-8-10-4-2;1-3-5-6-7-10-8-9-4-2;1-3-5-6-9-7-8-4-2;1-3-7-5-6-8-4-2;1-4-6(3)5-2;1-3-5(4-2)7-6;1-3-5-6-4-2;2-1-3/h3-9H2,1-2H3;3-8H2,1-2H3;3-7H2,1-2H3;7H,3-6H2,1-2H3;6H,4-5H2,1-3H3;5H,3-4,6H2,1-2H3;3-5H2,1-2H3;. The molecule has 0 aromatic rings.